The van der Waals surface area contributed by atoms with Crippen LogP contribution >= 0.6 is 24.8 Å². The molecule has 1 aliphatic heterocycles. The number of hydrogen-bond acceptors (Lipinski definition) is 3. The van der Waals surface area contributed by atoms with Crippen LogP contribution in [-0.4, -0.2) is 35.2 Å². The maximum Gasteiger partial charge on any atom is 0.119 e. The molecule has 1 aliphatic rings. The maximum absolute atomic E-state index is 5.45. The van der Waals surface area contributed by atoms with Crippen LogP contribution in [0.1, 0.15) is 17.0 Å². The summed E-state index contributed by atoms with van der Waals surface area (Å²) in [7, 11) is 3.93. The first-order valence-electron chi connectivity index (χ1n) is 8.52. The Labute approximate surface area is 167 Å². The minimum atomic E-state index is 0. The average Bonchev–Trinajstić information content (AvgIpc) is 2.93. The number of methoxy groups -OCH3 is 1. The molecule has 0 N–H and O–H groups in total. The van der Waals surface area contributed by atoms with Crippen LogP contribution in [0.5, 0.6) is 5.75 Å². The molecule has 0 saturated heterocycles. The van der Waals surface area contributed by atoms with Gasteiger partial charge in [-0.1, -0.05) is 6.07 Å². The number of pyridine rings is 1. The van der Waals surface area contributed by atoms with Gasteiger partial charge < -0.3 is 14.2 Å². The Morgan fingerprint density at radius 3 is 2.73 bits per heavy atom. The summed E-state index contributed by atoms with van der Waals surface area (Å²) in [5.41, 5.74) is 5.40. The smallest absolute Gasteiger partial charge is 0.119 e. The van der Waals surface area contributed by atoms with E-state index >= 15 is 0 Å². The summed E-state index contributed by atoms with van der Waals surface area (Å²) < 4.78 is 7.94. The van der Waals surface area contributed by atoms with E-state index in [0.29, 0.717) is 0 Å². The van der Waals surface area contributed by atoms with Crippen LogP contribution in [0.3, 0.4) is 0 Å². The summed E-state index contributed by atoms with van der Waals surface area (Å²) in [5, 5.41) is 1.33. The molecule has 0 unspecified atom stereocenters. The van der Waals surface area contributed by atoms with Crippen LogP contribution in [0.15, 0.2) is 42.6 Å². The molecule has 3 aromatic rings. The van der Waals surface area contributed by atoms with Gasteiger partial charge in [0.25, 0.3) is 0 Å². The number of hydrogen-bond donors (Lipinski definition) is 0. The molecule has 140 valence electrons. The molecule has 3 heterocycles. The minimum absolute atomic E-state index is 0. The second kappa shape index (κ2) is 8.76. The van der Waals surface area contributed by atoms with Crippen LogP contribution in [-0.2, 0) is 25.9 Å². The van der Waals surface area contributed by atoms with E-state index in [1.165, 1.54) is 22.2 Å². The van der Waals surface area contributed by atoms with Crippen LogP contribution in [0.4, 0.5) is 0 Å². The zero-order valence-electron chi connectivity index (χ0n) is 15.1. The van der Waals surface area contributed by atoms with E-state index in [9.17, 15) is 0 Å². The van der Waals surface area contributed by atoms with Gasteiger partial charge in [0, 0.05) is 61.0 Å². The lowest BCUT2D eigenvalue weighted by molar-refractivity contribution is 0.309. The number of nitrogens with zero attached hydrogens (tertiary/aromatic N) is 3. The monoisotopic (exact) mass is 393 g/mol. The highest BCUT2D eigenvalue weighted by Crippen LogP contribution is 2.33. The fourth-order valence-corrected chi connectivity index (χ4v) is 3.72. The van der Waals surface area contributed by atoms with E-state index < -0.39 is 0 Å². The van der Waals surface area contributed by atoms with Gasteiger partial charge in [-0.05, 0) is 42.9 Å². The zero-order chi connectivity index (χ0) is 16.5. The van der Waals surface area contributed by atoms with E-state index in [4.69, 9.17) is 4.74 Å². The molecule has 0 amide bonds. The molecule has 4 rings (SSSR count). The van der Waals surface area contributed by atoms with Crippen molar-refractivity contribution in [3.8, 4) is 5.75 Å². The standard InChI is InChI=1S/C20H23N3O.2ClH/c1-22-11-9-20-18(14-22)17-13-16(24-2)6-7-19(17)23(20)12-8-15-5-3-4-10-21-15;;/h3-7,10,13H,8-9,11-12,14H2,1-2H3;2*1H. The zero-order valence-corrected chi connectivity index (χ0v) is 16.8. The van der Waals surface area contributed by atoms with Crippen LogP contribution in [0.25, 0.3) is 10.9 Å². The quantitative estimate of drug-likeness (QED) is 0.667. The Hall–Kier alpha value is -1.75. The first-order chi connectivity index (χ1) is 11.8. The predicted molar refractivity (Wildman–Crippen MR) is 111 cm³/mol. The molecule has 6 heteroatoms. The third-order valence-corrected chi connectivity index (χ3v) is 4.97. The van der Waals surface area contributed by atoms with Crippen LogP contribution in [0, 0.1) is 0 Å². The highest BCUT2D eigenvalue weighted by Gasteiger charge is 2.22. The first kappa shape index (κ1) is 20.6. The number of halogens is 2. The summed E-state index contributed by atoms with van der Waals surface area (Å²) in [6, 6.07) is 12.6. The van der Waals surface area contributed by atoms with Gasteiger partial charge in [-0.3, -0.25) is 4.98 Å². The van der Waals surface area contributed by atoms with Gasteiger partial charge >= 0.3 is 0 Å². The van der Waals surface area contributed by atoms with Crippen LogP contribution < -0.4 is 4.74 Å². The maximum atomic E-state index is 5.45. The number of aryl methyl sites for hydroxylation is 2. The SMILES string of the molecule is COc1ccc2c(c1)c1c(n2CCc2ccccn2)CCN(C)C1.Cl.Cl. The lowest BCUT2D eigenvalue weighted by atomic mass is 10.0. The molecule has 26 heavy (non-hydrogen) atoms. The number of ether oxygens (including phenoxy) is 1. The molecular weight excluding hydrogens is 369 g/mol. The van der Waals surface area contributed by atoms with E-state index in [2.05, 4.69) is 51.8 Å². The predicted octanol–water partition coefficient (Wildman–Crippen LogP) is 4.12. The van der Waals surface area contributed by atoms with Gasteiger partial charge in [-0.15, -0.1) is 24.8 Å². The van der Waals surface area contributed by atoms with Crippen molar-refractivity contribution in [3.63, 3.8) is 0 Å². The van der Waals surface area contributed by atoms with Gasteiger partial charge in [-0.25, -0.2) is 0 Å². The molecule has 0 atom stereocenters. The summed E-state index contributed by atoms with van der Waals surface area (Å²) in [4.78, 5) is 6.86. The summed E-state index contributed by atoms with van der Waals surface area (Å²) in [6.45, 7) is 3.10. The van der Waals surface area contributed by atoms with Crippen molar-refractivity contribution in [3.05, 3.63) is 59.5 Å². The Bertz CT molecular complexity index is 864. The molecule has 0 aliphatic carbocycles. The summed E-state index contributed by atoms with van der Waals surface area (Å²) in [5.74, 6) is 0.931. The van der Waals surface area contributed by atoms with Crippen molar-refractivity contribution in [1.29, 1.82) is 0 Å². The number of rotatable bonds is 4. The normalized spacial score (nSPS) is 13.6. The molecule has 1 aromatic carbocycles. The lowest BCUT2D eigenvalue weighted by Crippen LogP contribution is -2.27. The molecule has 4 nitrogen and oxygen atoms in total. The third kappa shape index (κ3) is 3.83. The van der Waals surface area contributed by atoms with E-state index in [1.54, 1.807) is 7.11 Å². The van der Waals surface area contributed by atoms with Crippen molar-refractivity contribution >= 4 is 35.7 Å². The molecule has 0 fully saturated rings. The topological polar surface area (TPSA) is 30.3 Å². The van der Waals surface area contributed by atoms with Gasteiger partial charge in [0.1, 0.15) is 5.75 Å². The largest absolute Gasteiger partial charge is 0.497 e. The fourth-order valence-electron chi connectivity index (χ4n) is 3.72. The molecule has 0 radical (unpaired) electrons. The van der Waals surface area contributed by atoms with Gasteiger partial charge in [0.15, 0.2) is 0 Å². The Kier molecular flexibility index (Phi) is 6.93. The molecule has 0 spiro atoms. The molecule has 0 bridgehead atoms. The lowest BCUT2D eigenvalue weighted by Gasteiger charge is -2.24. The van der Waals surface area contributed by atoms with Crippen molar-refractivity contribution < 1.29 is 4.74 Å². The number of aromatic nitrogens is 2. The molecule has 0 saturated carbocycles. The number of fused-ring (bicyclic) bond motifs is 3. The van der Waals surface area contributed by atoms with E-state index in [0.717, 1.165) is 43.9 Å². The summed E-state index contributed by atoms with van der Waals surface area (Å²) in [6.07, 6.45) is 3.93. The van der Waals surface area contributed by atoms with E-state index in [1.807, 2.05) is 12.3 Å². The summed E-state index contributed by atoms with van der Waals surface area (Å²) >= 11 is 0. The van der Waals surface area contributed by atoms with Crippen molar-refractivity contribution in [1.82, 2.24) is 14.5 Å². The van der Waals surface area contributed by atoms with Crippen LogP contribution in [0.2, 0.25) is 0 Å². The second-order valence-electron chi connectivity index (χ2n) is 6.52. The highest BCUT2D eigenvalue weighted by molar-refractivity contribution is 5.87. The first-order valence-corrected chi connectivity index (χ1v) is 8.52. The second-order valence-corrected chi connectivity index (χ2v) is 6.52. The van der Waals surface area contributed by atoms with E-state index in [-0.39, 0.29) is 24.8 Å². The van der Waals surface area contributed by atoms with Gasteiger partial charge in [0.05, 0.1) is 7.11 Å². The Morgan fingerprint density at radius 2 is 2.00 bits per heavy atom. The Morgan fingerprint density at radius 1 is 1.15 bits per heavy atom. The van der Waals surface area contributed by atoms with Crippen molar-refractivity contribution in [2.75, 3.05) is 20.7 Å². The van der Waals surface area contributed by atoms with Gasteiger partial charge in [0.2, 0.25) is 0 Å². The fraction of sp³-hybridized carbons (Fsp3) is 0.350. The number of benzene rings is 1. The Balaban J connectivity index is 0.00000121. The average molecular weight is 394 g/mol. The van der Waals surface area contributed by atoms with Crippen molar-refractivity contribution in [2.24, 2.45) is 0 Å². The molecular formula is C20H25Cl2N3O. The van der Waals surface area contributed by atoms with Gasteiger partial charge in [-0.2, -0.15) is 0 Å². The van der Waals surface area contributed by atoms with Crippen molar-refractivity contribution in [2.45, 2.75) is 25.9 Å². The minimum Gasteiger partial charge on any atom is -0.497 e. The highest BCUT2D eigenvalue weighted by atomic mass is 35.5. The molecule has 2 aromatic heterocycles. The third-order valence-electron chi connectivity index (χ3n) is 4.97. The number of likely N-dealkylation sites (N-methyl/N-ethyl adjacent to an activating group) is 1.